The SMILES string of the molecule is CC1(C)COCCN1S(=O)(=O)c1ccc(NC(=O)c2cccc(F)c2)cc1. The Labute approximate surface area is 158 Å². The fourth-order valence-corrected chi connectivity index (χ4v) is 4.71. The minimum absolute atomic E-state index is 0.140. The van der Waals surface area contributed by atoms with Gasteiger partial charge in [0.05, 0.1) is 23.6 Å². The van der Waals surface area contributed by atoms with Gasteiger partial charge in [-0.05, 0) is 56.3 Å². The van der Waals surface area contributed by atoms with Crippen LogP contribution in [0.25, 0.3) is 0 Å². The number of nitrogens with zero attached hydrogens (tertiary/aromatic N) is 1. The number of anilines is 1. The van der Waals surface area contributed by atoms with E-state index in [4.69, 9.17) is 4.74 Å². The Morgan fingerprint density at radius 1 is 1.19 bits per heavy atom. The summed E-state index contributed by atoms with van der Waals surface area (Å²) >= 11 is 0. The molecular weight excluding hydrogens is 371 g/mol. The van der Waals surface area contributed by atoms with E-state index in [9.17, 15) is 17.6 Å². The Bertz CT molecular complexity index is 942. The number of morpholine rings is 1. The van der Waals surface area contributed by atoms with Crippen LogP contribution in [0, 0.1) is 5.82 Å². The molecule has 3 rings (SSSR count). The molecule has 0 atom stereocenters. The van der Waals surface area contributed by atoms with Crippen molar-refractivity contribution in [1.29, 1.82) is 0 Å². The van der Waals surface area contributed by atoms with Gasteiger partial charge in [0.25, 0.3) is 5.91 Å². The van der Waals surface area contributed by atoms with Crippen LogP contribution in [0.1, 0.15) is 24.2 Å². The van der Waals surface area contributed by atoms with Crippen molar-refractivity contribution in [2.45, 2.75) is 24.3 Å². The molecule has 2 aromatic rings. The molecule has 1 aliphatic heterocycles. The lowest BCUT2D eigenvalue weighted by Crippen LogP contribution is -2.55. The van der Waals surface area contributed by atoms with Crippen LogP contribution in [0.3, 0.4) is 0 Å². The molecular formula is C19H21FN2O4S. The van der Waals surface area contributed by atoms with Crippen molar-refractivity contribution in [2.24, 2.45) is 0 Å². The Balaban J connectivity index is 1.77. The summed E-state index contributed by atoms with van der Waals surface area (Å²) in [6, 6.07) is 11.2. The summed E-state index contributed by atoms with van der Waals surface area (Å²) < 4.78 is 45.9. The first-order chi connectivity index (χ1) is 12.7. The Hall–Kier alpha value is -2.29. The topological polar surface area (TPSA) is 75.7 Å². The van der Waals surface area contributed by atoms with Crippen LogP contribution >= 0.6 is 0 Å². The number of sulfonamides is 1. The highest BCUT2D eigenvalue weighted by molar-refractivity contribution is 7.89. The summed E-state index contributed by atoms with van der Waals surface area (Å²) in [5.74, 6) is -0.975. The monoisotopic (exact) mass is 392 g/mol. The molecule has 0 radical (unpaired) electrons. The molecule has 27 heavy (non-hydrogen) atoms. The van der Waals surface area contributed by atoms with Crippen molar-refractivity contribution < 1.29 is 22.3 Å². The van der Waals surface area contributed by atoms with Gasteiger partial charge in [0.2, 0.25) is 10.0 Å². The second-order valence-corrected chi connectivity index (χ2v) is 8.79. The van der Waals surface area contributed by atoms with Crippen LogP contribution in [-0.4, -0.2) is 43.9 Å². The normalized spacial score (nSPS) is 17.4. The van der Waals surface area contributed by atoms with Crippen molar-refractivity contribution in [3.63, 3.8) is 0 Å². The van der Waals surface area contributed by atoms with Gasteiger partial charge in [0.1, 0.15) is 5.82 Å². The van der Waals surface area contributed by atoms with Gasteiger partial charge >= 0.3 is 0 Å². The maximum atomic E-state index is 13.2. The summed E-state index contributed by atoms with van der Waals surface area (Å²) in [6.07, 6.45) is 0. The molecule has 0 spiro atoms. The maximum Gasteiger partial charge on any atom is 0.255 e. The average molecular weight is 392 g/mol. The lowest BCUT2D eigenvalue weighted by atomic mass is 10.1. The molecule has 1 amide bonds. The highest BCUT2D eigenvalue weighted by atomic mass is 32.2. The predicted octanol–water partition coefficient (Wildman–Crippen LogP) is 2.88. The zero-order valence-corrected chi connectivity index (χ0v) is 15.9. The van der Waals surface area contributed by atoms with E-state index < -0.39 is 27.3 Å². The third-order valence-electron chi connectivity index (χ3n) is 4.36. The molecule has 0 aromatic heterocycles. The molecule has 8 heteroatoms. The number of carbonyl (C=O) groups excluding carboxylic acids is 1. The molecule has 1 aliphatic rings. The van der Waals surface area contributed by atoms with E-state index in [1.807, 2.05) is 13.8 Å². The van der Waals surface area contributed by atoms with E-state index >= 15 is 0 Å². The molecule has 0 bridgehead atoms. The number of carbonyl (C=O) groups is 1. The molecule has 1 saturated heterocycles. The molecule has 144 valence electrons. The number of ether oxygens (including phenoxy) is 1. The predicted molar refractivity (Wildman–Crippen MR) is 99.6 cm³/mol. The molecule has 0 unspecified atom stereocenters. The second-order valence-electron chi connectivity index (χ2n) is 6.93. The lowest BCUT2D eigenvalue weighted by Gasteiger charge is -2.40. The molecule has 1 fully saturated rings. The summed E-state index contributed by atoms with van der Waals surface area (Å²) in [7, 11) is -3.68. The van der Waals surface area contributed by atoms with E-state index in [-0.39, 0.29) is 17.0 Å². The lowest BCUT2D eigenvalue weighted by molar-refractivity contribution is -0.00770. The first-order valence-corrected chi connectivity index (χ1v) is 9.92. The number of hydrogen-bond acceptors (Lipinski definition) is 4. The number of rotatable bonds is 4. The van der Waals surface area contributed by atoms with Crippen molar-refractivity contribution >= 4 is 21.6 Å². The van der Waals surface area contributed by atoms with Gasteiger partial charge < -0.3 is 10.1 Å². The van der Waals surface area contributed by atoms with Gasteiger partial charge in [-0.2, -0.15) is 4.31 Å². The van der Waals surface area contributed by atoms with Gasteiger partial charge in [-0.15, -0.1) is 0 Å². The van der Waals surface area contributed by atoms with Crippen LogP contribution < -0.4 is 5.32 Å². The number of amides is 1. The third kappa shape index (κ3) is 4.18. The highest BCUT2D eigenvalue weighted by Gasteiger charge is 2.39. The standard InChI is InChI=1S/C19H21FN2O4S/c1-19(2)13-26-11-10-22(19)27(24,25)17-8-6-16(7-9-17)21-18(23)14-4-3-5-15(20)12-14/h3-9,12H,10-11,13H2,1-2H3,(H,21,23). The second kappa shape index (κ2) is 7.38. The van der Waals surface area contributed by atoms with E-state index in [2.05, 4.69) is 5.32 Å². The van der Waals surface area contributed by atoms with Crippen molar-refractivity contribution in [3.05, 3.63) is 59.9 Å². The van der Waals surface area contributed by atoms with E-state index in [1.165, 1.54) is 46.8 Å². The number of hydrogen-bond donors (Lipinski definition) is 1. The Morgan fingerprint density at radius 3 is 2.52 bits per heavy atom. The molecule has 0 aliphatic carbocycles. The first-order valence-electron chi connectivity index (χ1n) is 8.48. The Morgan fingerprint density at radius 2 is 1.89 bits per heavy atom. The third-order valence-corrected chi connectivity index (χ3v) is 6.48. The van der Waals surface area contributed by atoms with Crippen LogP contribution in [0.2, 0.25) is 0 Å². The zero-order chi connectivity index (χ0) is 19.7. The quantitative estimate of drug-likeness (QED) is 0.868. The van der Waals surface area contributed by atoms with Gasteiger partial charge in [-0.1, -0.05) is 6.07 Å². The minimum atomic E-state index is -3.68. The zero-order valence-electron chi connectivity index (χ0n) is 15.1. The van der Waals surface area contributed by atoms with Crippen molar-refractivity contribution in [1.82, 2.24) is 4.31 Å². The molecule has 6 nitrogen and oxygen atoms in total. The summed E-state index contributed by atoms with van der Waals surface area (Å²) in [5.41, 5.74) is -0.0346. The van der Waals surface area contributed by atoms with Crippen LogP contribution in [-0.2, 0) is 14.8 Å². The van der Waals surface area contributed by atoms with Gasteiger partial charge in [0, 0.05) is 17.8 Å². The van der Waals surface area contributed by atoms with E-state index in [0.717, 1.165) is 6.07 Å². The number of benzene rings is 2. The van der Waals surface area contributed by atoms with E-state index in [0.29, 0.717) is 18.9 Å². The van der Waals surface area contributed by atoms with Gasteiger partial charge in [-0.3, -0.25) is 4.79 Å². The molecule has 1 heterocycles. The fraction of sp³-hybridized carbons (Fsp3) is 0.316. The molecule has 1 N–H and O–H groups in total. The van der Waals surface area contributed by atoms with Crippen LogP contribution in [0.15, 0.2) is 53.4 Å². The minimum Gasteiger partial charge on any atom is -0.378 e. The van der Waals surface area contributed by atoms with Crippen molar-refractivity contribution in [3.8, 4) is 0 Å². The molecule has 0 saturated carbocycles. The maximum absolute atomic E-state index is 13.2. The van der Waals surface area contributed by atoms with Crippen LogP contribution in [0.4, 0.5) is 10.1 Å². The largest absolute Gasteiger partial charge is 0.378 e. The molecule has 2 aromatic carbocycles. The highest BCUT2D eigenvalue weighted by Crippen LogP contribution is 2.28. The fourth-order valence-electron chi connectivity index (χ4n) is 2.96. The Kier molecular flexibility index (Phi) is 5.32. The number of nitrogens with one attached hydrogen (secondary N) is 1. The summed E-state index contributed by atoms with van der Waals surface area (Å²) in [5, 5.41) is 2.63. The van der Waals surface area contributed by atoms with Crippen LogP contribution in [0.5, 0.6) is 0 Å². The first kappa shape index (κ1) is 19.5. The van der Waals surface area contributed by atoms with Crippen molar-refractivity contribution in [2.75, 3.05) is 25.1 Å². The summed E-state index contributed by atoms with van der Waals surface area (Å²) in [6.45, 7) is 4.60. The van der Waals surface area contributed by atoms with E-state index in [1.54, 1.807) is 0 Å². The number of halogens is 1. The van der Waals surface area contributed by atoms with Gasteiger partial charge in [-0.25, -0.2) is 12.8 Å². The summed E-state index contributed by atoms with van der Waals surface area (Å²) in [4.78, 5) is 12.3. The smallest absolute Gasteiger partial charge is 0.255 e. The van der Waals surface area contributed by atoms with Gasteiger partial charge in [0.15, 0.2) is 0 Å². The average Bonchev–Trinajstić information content (AvgIpc) is 2.61.